The van der Waals surface area contributed by atoms with Crippen LogP contribution in [0.3, 0.4) is 0 Å². The summed E-state index contributed by atoms with van der Waals surface area (Å²) in [6, 6.07) is 12.3. The number of sulfonamides is 1. The van der Waals surface area contributed by atoms with Crippen LogP contribution in [0.4, 0.5) is 23.2 Å². The molecule has 0 saturated heterocycles. The summed E-state index contributed by atoms with van der Waals surface area (Å²) in [5, 5.41) is 0.192. The predicted molar refractivity (Wildman–Crippen MR) is 143 cm³/mol. The number of anilines is 1. The van der Waals surface area contributed by atoms with Crippen molar-refractivity contribution in [1.29, 1.82) is 0 Å². The van der Waals surface area contributed by atoms with Crippen LogP contribution in [0.5, 0.6) is 5.75 Å². The molecule has 0 radical (unpaired) electrons. The number of rotatable bonds is 7. The van der Waals surface area contributed by atoms with Crippen LogP contribution >= 0.6 is 11.6 Å². The first-order valence-corrected chi connectivity index (χ1v) is 13.8. The number of allylic oxidation sites excluding steroid dienone is 1. The Balaban J connectivity index is 1.79. The monoisotopic (exact) mass is 597 g/mol. The maximum atomic E-state index is 14.5. The van der Waals surface area contributed by atoms with Crippen molar-refractivity contribution in [3.05, 3.63) is 88.2 Å². The van der Waals surface area contributed by atoms with E-state index in [-0.39, 0.29) is 41.4 Å². The molecule has 0 fully saturated rings. The Labute approximate surface area is 233 Å². The van der Waals surface area contributed by atoms with Gasteiger partial charge < -0.3 is 9.47 Å². The molecular formula is C28H24ClF4NO5S. The average molecular weight is 598 g/mol. The number of nitrogens with zero attached hydrogens (tertiary/aromatic N) is 1. The second-order valence-corrected chi connectivity index (χ2v) is 11.3. The lowest BCUT2D eigenvalue weighted by Crippen LogP contribution is -2.43. The maximum Gasteiger partial charge on any atom is 0.416 e. The molecule has 212 valence electrons. The maximum absolute atomic E-state index is 14.5. The summed E-state index contributed by atoms with van der Waals surface area (Å²) >= 11 is 6.18. The number of ether oxygens (including phenoxy) is 2. The average Bonchev–Trinajstić information content (AvgIpc) is 2.90. The van der Waals surface area contributed by atoms with Crippen LogP contribution in [0.2, 0.25) is 5.02 Å². The molecule has 1 atom stereocenters. The molecule has 1 aliphatic heterocycles. The lowest BCUT2D eigenvalue weighted by atomic mass is 10.0. The van der Waals surface area contributed by atoms with Crippen molar-refractivity contribution in [2.24, 2.45) is 0 Å². The number of hydrogen-bond acceptors (Lipinski definition) is 5. The Morgan fingerprint density at radius 3 is 2.55 bits per heavy atom. The SMILES string of the molecule is COC(=O)CCC1CN(S(=O)(=O)c2cccc(C(F)(F)F)c2)c2cc(C=C(C)c3c(F)cccc3Cl)ccc2O1. The highest BCUT2D eigenvalue weighted by Crippen LogP contribution is 2.40. The molecule has 1 heterocycles. The smallest absolute Gasteiger partial charge is 0.416 e. The molecular weight excluding hydrogens is 574 g/mol. The van der Waals surface area contributed by atoms with Crippen LogP contribution in [-0.2, 0) is 25.7 Å². The second-order valence-electron chi connectivity index (χ2n) is 9.07. The van der Waals surface area contributed by atoms with E-state index in [1.54, 1.807) is 19.1 Å². The summed E-state index contributed by atoms with van der Waals surface area (Å²) in [4.78, 5) is 11.1. The van der Waals surface area contributed by atoms with E-state index in [2.05, 4.69) is 4.74 Å². The number of fused-ring (bicyclic) bond motifs is 1. The molecule has 3 aromatic rings. The Hall–Kier alpha value is -3.57. The van der Waals surface area contributed by atoms with E-state index in [4.69, 9.17) is 16.3 Å². The fraction of sp³-hybridized carbons (Fsp3) is 0.250. The topological polar surface area (TPSA) is 72.9 Å². The van der Waals surface area contributed by atoms with Crippen LogP contribution < -0.4 is 9.04 Å². The summed E-state index contributed by atoms with van der Waals surface area (Å²) < 4.78 is 93.6. The molecule has 4 rings (SSSR count). The van der Waals surface area contributed by atoms with Gasteiger partial charge in [0.15, 0.2) is 0 Å². The third-order valence-corrected chi connectivity index (χ3v) is 8.39. The van der Waals surface area contributed by atoms with Gasteiger partial charge in [-0.05, 0) is 66.9 Å². The molecule has 40 heavy (non-hydrogen) atoms. The van der Waals surface area contributed by atoms with Crippen molar-refractivity contribution >= 4 is 44.9 Å². The lowest BCUT2D eigenvalue weighted by Gasteiger charge is -2.35. The normalized spacial score (nSPS) is 15.8. The van der Waals surface area contributed by atoms with E-state index >= 15 is 0 Å². The highest BCUT2D eigenvalue weighted by Gasteiger charge is 2.37. The molecule has 0 saturated carbocycles. The first-order valence-electron chi connectivity index (χ1n) is 12.0. The summed E-state index contributed by atoms with van der Waals surface area (Å²) in [5.41, 5.74) is 0.0696. The van der Waals surface area contributed by atoms with E-state index in [9.17, 15) is 30.8 Å². The molecule has 0 aromatic heterocycles. The number of carbonyl (C=O) groups excluding carboxylic acids is 1. The highest BCUT2D eigenvalue weighted by molar-refractivity contribution is 7.92. The van der Waals surface area contributed by atoms with E-state index in [0.29, 0.717) is 17.2 Å². The van der Waals surface area contributed by atoms with Gasteiger partial charge in [-0.15, -0.1) is 0 Å². The van der Waals surface area contributed by atoms with Crippen molar-refractivity contribution in [3.63, 3.8) is 0 Å². The van der Waals surface area contributed by atoms with Crippen LogP contribution in [0, 0.1) is 5.82 Å². The van der Waals surface area contributed by atoms with Gasteiger partial charge in [0.2, 0.25) is 0 Å². The number of methoxy groups -OCH3 is 1. The van der Waals surface area contributed by atoms with Gasteiger partial charge in [-0.25, -0.2) is 12.8 Å². The Bertz CT molecular complexity index is 1550. The molecule has 0 N–H and O–H groups in total. The van der Waals surface area contributed by atoms with E-state index in [0.717, 1.165) is 22.5 Å². The van der Waals surface area contributed by atoms with Gasteiger partial charge in [0.05, 0.1) is 34.8 Å². The number of benzene rings is 3. The number of carbonyl (C=O) groups is 1. The predicted octanol–water partition coefficient (Wildman–Crippen LogP) is 6.97. The Morgan fingerprint density at radius 2 is 1.88 bits per heavy atom. The van der Waals surface area contributed by atoms with E-state index in [1.165, 1.54) is 37.4 Å². The molecule has 0 aliphatic carbocycles. The summed E-state index contributed by atoms with van der Waals surface area (Å²) in [6.07, 6.45) is -3.89. The van der Waals surface area contributed by atoms with Gasteiger partial charge in [0.1, 0.15) is 17.7 Å². The van der Waals surface area contributed by atoms with Crippen molar-refractivity contribution in [2.45, 2.75) is 36.9 Å². The summed E-state index contributed by atoms with van der Waals surface area (Å²) in [6.45, 7) is 1.37. The Kier molecular flexibility index (Phi) is 8.46. The largest absolute Gasteiger partial charge is 0.486 e. The van der Waals surface area contributed by atoms with Gasteiger partial charge in [-0.2, -0.15) is 13.2 Å². The molecule has 0 amide bonds. The molecule has 0 spiro atoms. The number of esters is 1. The van der Waals surface area contributed by atoms with Crippen LogP contribution in [-0.4, -0.2) is 34.1 Å². The van der Waals surface area contributed by atoms with Gasteiger partial charge in [-0.3, -0.25) is 9.10 Å². The first kappa shape index (κ1) is 29.4. The summed E-state index contributed by atoms with van der Waals surface area (Å²) in [5.74, 6) is -0.912. The first-order chi connectivity index (χ1) is 18.8. The fourth-order valence-corrected chi connectivity index (χ4v) is 6.19. The molecule has 1 unspecified atom stereocenters. The molecule has 3 aromatic carbocycles. The Morgan fingerprint density at radius 1 is 1.15 bits per heavy atom. The third-order valence-electron chi connectivity index (χ3n) is 6.30. The van der Waals surface area contributed by atoms with Gasteiger partial charge in [0, 0.05) is 12.0 Å². The third kappa shape index (κ3) is 6.26. The van der Waals surface area contributed by atoms with E-state index in [1.807, 2.05) is 0 Å². The quantitative estimate of drug-likeness (QED) is 0.167. The van der Waals surface area contributed by atoms with Crippen molar-refractivity contribution in [1.82, 2.24) is 0 Å². The minimum atomic E-state index is -4.75. The van der Waals surface area contributed by atoms with Gasteiger partial charge in [-0.1, -0.05) is 35.9 Å². The fourth-order valence-electron chi connectivity index (χ4n) is 4.33. The number of alkyl halides is 3. The number of hydrogen-bond donors (Lipinski definition) is 0. The second kappa shape index (κ2) is 11.5. The zero-order chi connectivity index (χ0) is 29.2. The molecule has 12 heteroatoms. The lowest BCUT2D eigenvalue weighted by molar-refractivity contribution is -0.141. The molecule has 6 nitrogen and oxygen atoms in total. The standard InChI is InChI=1S/C28H24ClF4NO5S/c1-17(27-22(29)7-4-8-23(27)30)13-18-9-11-25-24(14-18)34(16-20(39-25)10-12-26(35)38-2)40(36,37)21-6-3-5-19(15-21)28(31,32)33/h3-9,11,13-15,20H,10,12,16H2,1-2H3. The zero-order valence-electron chi connectivity index (χ0n) is 21.3. The highest BCUT2D eigenvalue weighted by atomic mass is 35.5. The number of halogens is 5. The zero-order valence-corrected chi connectivity index (χ0v) is 22.9. The minimum Gasteiger partial charge on any atom is -0.486 e. The van der Waals surface area contributed by atoms with Gasteiger partial charge >= 0.3 is 12.1 Å². The van der Waals surface area contributed by atoms with Crippen molar-refractivity contribution in [3.8, 4) is 5.75 Å². The minimum absolute atomic E-state index is 0.0582. The van der Waals surface area contributed by atoms with E-state index < -0.39 is 44.5 Å². The van der Waals surface area contributed by atoms with Crippen molar-refractivity contribution in [2.75, 3.05) is 18.0 Å². The summed E-state index contributed by atoms with van der Waals surface area (Å²) in [7, 11) is -3.29. The van der Waals surface area contributed by atoms with Crippen LogP contribution in [0.25, 0.3) is 11.6 Å². The van der Waals surface area contributed by atoms with Crippen LogP contribution in [0.15, 0.2) is 65.6 Å². The molecule has 0 bridgehead atoms. The van der Waals surface area contributed by atoms with Gasteiger partial charge in [0.25, 0.3) is 10.0 Å². The van der Waals surface area contributed by atoms with Crippen LogP contribution in [0.1, 0.15) is 36.5 Å². The van der Waals surface area contributed by atoms with Crippen molar-refractivity contribution < 1.29 is 40.2 Å². The molecule has 1 aliphatic rings.